The van der Waals surface area contributed by atoms with E-state index in [0.29, 0.717) is 30.3 Å². The maximum atomic E-state index is 11.9. The summed E-state index contributed by atoms with van der Waals surface area (Å²) >= 11 is 0. The maximum absolute atomic E-state index is 11.9. The van der Waals surface area contributed by atoms with Gasteiger partial charge < -0.3 is 4.74 Å². The number of carbonyl (C=O) groups excluding carboxylic acids is 1. The molecule has 2 saturated heterocycles. The van der Waals surface area contributed by atoms with Crippen molar-refractivity contribution >= 4 is 5.97 Å². The predicted octanol–water partition coefficient (Wildman–Crippen LogP) is 3.14. The van der Waals surface area contributed by atoms with Crippen molar-refractivity contribution in [3.8, 4) is 0 Å². The number of nitrogens with zero attached hydrogens (tertiary/aromatic N) is 1. The number of fused-ring (bicyclic) bond motifs is 2. The molecule has 2 aliphatic heterocycles. The van der Waals surface area contributed by atoms with Crippen molar-refractivity contribution in [3.63, 3.8) is 0 Å². The number of methoxy groups -OCH3 is 1. The molecule has 3 rings (SSSR count). The molecule has 2 fully saturated rings. The first kappa shape index (κ1) is 15.5. The number of rotatable bonds is 4. The van der Waals surface area contributed by atoms with Crippen LogP contribution in [0.25, 0.3) is 0 Å². The lowest BCUT2D eigenvalue weighted by Gasteiger charge is -2.43. The van der Waals surface area contributed by atoms with Crippen molar-refractivity contribution in [2.24, 2.45) is 17.8 Å². The van der Waals surface area contributed by atoms with Crippen LogP contribution < -0.4 is 0 Å². The van der Waals surface area contributed by atoms with Gasteiger partial charge in [0.1, 0.15) is 0 Å². The first-order chi connectivity index (χ1) is 10.6. The number of carbonyl (C=O) groups is 1. The van der Waals surface area contributed by atoms with Crippen LogP contribution in [0.2, 0.25) is 0 Å². The van der Waals surface area contributed by atoms with E-state index < -0.39 is 0 Å². The van der Waals surface area contributed by atoms with Gasteiger partial charge in [-0.05, 0) is 49.6 Å². The van der Waals surface area contributed by atoms with Crippen LogP contribution >= 0.6 is 0 Å². The van der Waals surface area contributed by atoms with Crippen LogP contribution in [0.1, 0.15) is 31.7 Å². The normalized spacial score (nSPS) is 34.6. The third kappa shape index (κ3) is 2.91. The van der Waals surface area contributed by atoms with E-state index in [1.165, 1.54) is 25.5 Å². The first-order valence-corrected chi connectivity index (χ1v) is 8.42. The molecule has 0 aliphatic carbocycles. The monoisotopic (exact) mass is 301 g/mol. The van der Waals surface area contributed by atoms with Gasteiger partial charge >= 0.3 is 5.97 Å². The van der Waals surface area contributed by atoms with E-state index in [9.17, 15) is 4.79 Å². The summed E-state index contributed by atoms with van der Waals surface area (Å²) in [4.78, 5) is 14.4. The topological polar surface area (TPSA) is 29.5 Å². The van der Waals surface area contributed by atoms with Crippen LogP contribution in [-0.4, -0.2) is 37.1 Å². The van der Waals surface area contributed by atoms with E-state index >= 15 is 0 Å². The van der Waals surface area contributed by atoms with Gasteiger partial charge in [0.05, 0.1) is 13.5 Å². The third-order valence-corrected chi connectivity index (χ3v) is 5.93. The van der Waals surface area contributed by atoms with E-state index in [0.717, 1.165) is 12.3 Å². The molecule has 0 saturated carbocycles. The summed E-state index contributed by atoms with van der Waals surface area (Å²) in [5.74, 6) is 1.67. The van der Waals surface area contributed by atoms with Gasteiger partial charge in [-0.1, -0.05) is 37.3 Å². The summed E-state index contributed by atoms with van der Waals surface area (Å²) in [5.41, 5.74) is 1.39. The minimum atomic E-state index is -0.0607. The Morgan fingerprint density at radius 2 is 1.95 bits per heavy atom. The van der Waals surface area contributed by atoms with E-state index in [2.05, 4.69) is 49.2 Å². The zero-order valence-corrected chi connectivity index (χ0v) is 13.9. The molecule has 1 aromatic carbocycles. The van der Waals surface area contributed by atoms with Crippen molar-refractivity contribution in [1.82, 2.24) is 4.90 Å². The molecule has 3 nitrogen and oxygen atoms in total. The summed E-state index contributed by atoms with van der Waals surface area (Å²) in [6.45, 7) is 2.36. The second kappa shape index (κ2) is 6.41. The van der Waals surface area contributed by atoms with E-state index in [1.54, 1.807) is 0 Å². The minimum absolute atomic E-state index is 0.0607. The molecule has 0 radical (unpaired) electrons. The van der Waals surface area contributed by atoms with Crippen LogP contribution in [0, 0.1) is 17.8 Å². The molecule has 2 bridgehead atoms. The summed E-state index contributed by atoms with van der Waals surface area (Å²) in [5, 5.41) is 0. The van der Waals surface area contributed by atoms with Gasteiger partial charge in [-0.2, -0.15) is 0 Å². The molecule has 0 spiro atoms. The largest absolute Gasteiger partial charge is 0.469 e. The minimum Gasteiger partial charge on any atom is -0.469 e. The molecule has 2 aliphatic rings. The van der Waals surface area contributed by atoms with E-state index in [-0.39, 0.29) is 5.97 Å². The second-order valence-electron chi connectivity index (χ2n) is 7.14. The molecule has 120 valence electrons. The van der Waals surface area contributed by atoms with Crippen LogP contribution in [0.4, 0.5) is 0 Å². The van der Waals surface area contributed by atoms with Crippen molar-refractivity contribution in [3.05, 3.63) is 35.9 Å². The first-order valence-electron chi connectivity index (χ1n) is 8.42. The highest BCUT2D eigenvalue weighted by atomic mass is 16.5. The molecule has 5 atom stereocenters. The van der Waals surface area contributed by atoms with Crippen molar-refractivity contribution in [1.29, 1.82) is 0 Å². The summed E-state index contributed by atoms with van der Waals surface area (Å²) in [7, 11) is 3.74. The fraction of sp³-hybridized carbons (Fsp3) is 0.632. The Labute approximate surface area is 133 Å². The van der Waals surface area contributed by atoms with Crippen LogP contribution in [0.15, 0.2) is 30.3 Å². The maximum Gasteiger partial charge on any atom is 0.305 e. The smallest absolute Gasteiger partial charge is 0.305 e. The van der Waals surface area contributed by atoms with Crippen molar-refractivity contribution in [2.75, 3.05) is 14.2 Å². The SMILES string of the molecule is COC(=O)C[C@@H]1C2C[C@H](C)C(C[C@@H]1Cc1ccccc1)N2C. The highest BCUT2D eigenvalue weighted by Gasteiger charge is 2.49. The molecular weight excluding hydrogens is 274 g/mol. The lowest BCUT2D eigenvalue weighted by atomic mass is 9.75. The van der Waals surface area contributed by atoms with Gasteiger partial charge in [0.25, 0.3) is 0 Å². The van der Waals surface area contributed by atoms with Gasteiger partial charge in [0, 0.05) is 12.1 Å². The number of benzene rings is 1. The predicted molar refractivity (Wildman–Crippen MR) is 87.5 cm³/mol. The van der Waals surface area contributed by atoms with Crippen LogP contribution in [0.3, 0.4) is 0 Å². The van der Waals surface area contributed by atoms with Gasteiger partial charge in [0.15, 0.2) is 0 Å². The number of piperidine rings is 1. The van der Waals surface area contributed by atoms with Gasteiger partial charge in [-0.25, -0.2) is 0 Å². The Morgan fingerprint density at radius 1 is 1.23 bits per heavy atom. The average molecular weight is 301 g/mol. The molecule has 0 aromatic heterocycles. The number of esters is 1. The molecule has 22 heavy (non-hydrogen) atoms. The zero-order chi connectivity index (χ0) is 15.7. The molecular formula is C19H27NO2. The van der Waals surface area contributed by atoms with Crippen LogP contribution in [-0.2, 0) is 16.0 Å². The Kier molecular flexibility index (Phi) is 4.53. The standard InChI is InChI=1S/C19H27NO2/c1-13-9-18-16(12-19(21)22-3)15(11-17(13)20(18)2)10-14-7-5-4-6-8-14/h4-8,13,15-18H,9-12H2,1-3H3/t13-,15-,16-,17?,18?/m0/s1. The average Bonchev–Trinajstić information content (AvgIpc) is 2.72. The van der Waals surface area contributed by atoms with Crippen molar-refractivity contribution < 1.29 is 9.53 Å². The third-order valence-electron chi connectivity index (χ3n) is 5.93. The molecule has 1 aromatic rings. The quantitative estimate of drug-likeness (QED) is 0.800. The highest BCUT2D eigenvalue weighted by Crippen LogP contribution is 2.46. The Morgan fingerprint density at radius 3 is 2.64 bits per heavy atom. The number of hydrogen-bond donors (Lipinski definition) is 0. The Bertz CT molecular complexity index is 515. The number of ether oxygens (including phenoxy) is 1. The summed E-state index contributed by atoms with van der Waals surface area (Å²) in [6, 6.07) is 11.9. The van der Waals surface area contributed by atoms with E-state index in [4.69, 9.17) is 4.74 Å². The zero-order valence-electron chi connectivity index (χ0n) is 13.9. The fourth-order valence-electron chi connectivity index (χ4n) is 4.76. The van der Waals surface area contributed by atoms with Gasteiger partial charge in [-0.15, -0.1) is 0 Å². The van der Waals surface area contributed by atoms with Crippen molar-refractivity contribution in [2.45, 2.75) is 44.7 Å². The second-order valence-corrected chi connectivity index (χ2v) is 7.14. The molecule has 2 unspecified atom stereocenters. The van der Waals surface area contributed by atoms with Crippen LogP contribution in [0.5, 0.6) is 0 Å². The van der Waals surface area contributed by atoms with Gasteiger partial charge in [0.2, 0.25) is 0 Å². The fourth-order valence-corrected chi connectivity index (χ4v) is 4.76. The number of hydrogen-bond acceptors (Lipinski definition) is 3. The molecule has 0 amide bonds. The summed E-state index contributed by atoms with van der Waals surface area (Å²) < 4.78 is 4.96. The summed E-state index contributed by atoms with van der Waals surface area (Å²) in [6.07, 6.45) is 4.05. The lowest BCUT2D eigenvalue weighted by Crippen LogP contribution is -2.48. The molecule has 2 heterocycles. The van der Waals surface area contributed by atoms with Gasteiger partial charge in [-0.3, -0.25) is 9.69 Å². The highest BCUT2D eigenvalue weighted by molar-refractivity contribution is 5.69. The van der Waals surface area contributed by atoms with E-state index in [1.807, 2.05) is 0 Å². The molecule has 3 heteroatoms. The molecule has 0 N–H and O–H groups in total. The Hall–Kier alpha value is -1.35. The lowest BCUT2D eigenvalue weighted by molar-refractivity contribution is -0.143. The Balaban J connectivity index is 1.81.